The number of halogens is 2. The van der Waals surface area contributed by atoms with Gasteiger partial charge in [-0.15, -0.1) is 0 Å². The lowest BCUT2D eigenvalue weighted by Gasteiger charge is -2.10. The van der Waals surface area contributed by atoms with Gasteiger partial charge < -0.3 is 14.2 Å². The molecule has 0 N–H and O–H groups in total. The standard InChI is InChI=1S/C24H20F2O4/c1-28-22-15-17(9-13-21(22)30-24(25)26)10-14-23(27)29-16-18-7-11-20(12-8-18)19-5-3-2-4-6-19/h2-15,24H,16H2,1H3/b14-10+. The number of carbonyl (C=O) groups excluding carboxylic acids is 1. The highest BCUT2D eigenvalue weighted by atomic mass is 19.3. The van der Waals surface area contributed by atoms with E-state index in [1.807, 2.05) is 54.6 Å². The smallest absolute Gasteiger partial charge is 0.387 e. The zero-order valence-corrected chi connectivity index (χ0v) is 16.3. The number of hydrogen-bond acceptors (Lipinski definition) is 4. The van der Waals surface area contributed by atoms with Crippen LogP contribution >= 0.6 is 0 Å². The van der Waals surface area contributed by atoms with Gasteiger partial charge in [0.05, 0.1) is 7.11 Å². The molecule has 0 aliphatic carbocycles. The fraction of sp³-hybridized carbons (Fsp3) is 0.125. The van der Waals surface area contributed by atoms with E-state index in [9.17, 15) is 13.6 Å². The molecule has 0 aliphatic rings. The number of esters is 1. The second-order valence-electron chi connectivity index (χ2n) is 6.29. The van der Waals surface area contributed by atoms with Gasteiger partial charge in [-0.05, 0) is 40.5 Å². The Balaban J connectivity index is 1.56. The van der Waals surface area contributed by atoms with Crippen molar-refractivity contribution in [3.05, 3.63) is 90.0 Å². The number of rotatable bonds is 8. The molecule has 0 amide bonds. The summed E-state index contributed by atoms with van der Waals surface area (Å²) in [4.78, 5) is 12.0. The summed E-state index contributed by atoms with van der Waals surface area (Å²) in [6.45, 7) is -2.81. The van der Waals surface area contributed by atoms with E-state index in [2.05, 4.69) is 4.74 Å². The number of hydrogen-bond donors (Lipinski definition) is 0. The summed E-state index contributed by atoms with van der Waals surface area (Å²) in [7, 11) is 1.35. The highest BCUT2D eigenvalue weighted by Gasteiger charge is 2.10. The summed E-state index contributed by atoms with van der Waals surface area (Å²) in [6.07, 6.45) is 2.77. The monoisotopic (exact) mass is 410 g/mol. The summed E-state index contributed by atoms with van der Waals surface area (Å²) < 4.78 is 39.4. The van der Waals surface area contributed by atoms with Crippen molar-refractivity contribution >= 4 is 12.0 Å². The molecular formula is C24H20F2O4. The van der Waals surface area contributed by atoms with Crippen LogP contribution < -0.4 is 9.47 Å². The minimum absolute atomic E-state index is 0.0776. The molecule has 0 aliphatic heterocycles. The van der Waals surface area contributed by atoms with Gasteiger partial charge in [-0.3, -0.25) is 0 Å². The number of ether oxygens (including phenoxy) is 3. The maximum absolute atomic E-state index is 12.4. The molecule has 3 aromatic carbocycles. The van der Waals surface area contributed by atoms with Gasteiger partial charge in [0.15, 0.2) is 11.5 Å². The first-order valence-corrected chi connectivity index (χ1v) is 9.17. The first-order valence-electron chi connectivity index (χ1n) is 9.17. The SMILES string of the molecule is COc1cc(/C=C/C(=O)OCc2ccc(-c3ccccc3)cc2)ccc1OC(F)F. The van der Waals surface area contributed by atoms with E-state index >= 15 is 0 Å². The Hall–Kier alpha value is -3.67. The maximum atomic E-state index is 12.4. The lowest BCUT2D eigenvalue weighted by molar-refractivity contribution is -0.138. The molecular weight excluding hydrogens is 390 g/mol. The van der Waals surface area contributed by atoms with Gasteiger partial charge >= 0.3 is 12.6 Å². The van der Waals surface area contributed by atoms with Gasteiger partial charge in [-0.25, -0.2) is 4.79 Å². The van der Waals surface area contributed by atoms with Crippen molar-refractivity contribution in [3.8, 4) is 22.6 Å². The molecule has 154 valence electrons. The molecule has 0 spiro atoms. The van der Waals surface area contributed by atoms with Gasteiger partial charge in [-0.1, -0.05) is 60.7 Å². The fourth-order valence-electron chi connectivity index (χ4n) is 2.77. The Morgan fingerprint density at radius 2 is 1.63 bits per heavy atom. The normalized spacial score (nSPS) is 10.9. The topological polar surface area (TPSA) is 44.8 Å². The molecule has 6 heteroatoms. The van der Waals surface area contributed by atoms with Crippen LogP contribution in [0.15, 0.2) is 78.9 Å². The molecule has 0 fully saturated rings. The van der Waals surface area contributed by atoms with Crippen LogP contribution in [0.2, 0.25) is 0 Å². The minimum Gasteiger partial charge on any atom is -0.493 e. The third-order valence-electron chi connectivity index (χ3n) is 4.26. The molecule has 0 heterocycles. The van der Waals surface area contributed by atoms with Crippen LogP contribution in [0.3, 0.4) is 0 Å². The quantitative estimate of drug-likeness (QED) is 0.352. The summed E-state index contributed by atoms with van der Waals surface area (Å²) in [5, 5.41) is 0. The lowest BCUT2D eigenvalue weighted by atomic mass is 10.0. The number of benzene rings is 3. The average molecular weight is 410 g/mol. The number of methoxy groups -OCH3 is 1. The zero-order chi connectivity index (χ0) is 21.3. The van der Waals surface area contributed by atoms with Crippen molar-refractivity contribution in [2.24, 2.45) is 0 Å². The summed E-state index contributed by atoms with van der Waals surface area (Å²) in [5.41, 5.74) is 3.65. The predicted octanol–water partition coefficient (Wildman–Crippen LogP) is 5.72. The molecule has 0 saturated heterocycles. The molecule has 30 heavy (non-hydrogen) atoms. The van der Waals surface area contributed by atoms with Gasteiger partial charge in [0.2, 0.25) is 0 Å². The number of carbonyl (C=O) groups is 1. The Labute approximate surface area is 173 Å². The Morgan fingerprint density at radius 1 is 0.933 bits per heavy atom. The van der Waals surface area contributed by atoms with E-state index in [1.54, 1.807) is 0 Å². The second kappa shape index (κ2) is 10.2. The van der Waals surface area contributed by atoms with Crippen molar-refractivity contribution in [2.45, 2.75) is 13.2 Å². The van der Waals surface area contributed by atoms with Crippen molar-refractivity contribution in [2.75, 3.05) is 7.11 Å². The van der Waals surface area contributed by atoms with Crippen LogP contribution in [-0.4, -0.2) is 19.7 Å². The van der Waals surface area contributed by atoms with Gasteiger partial charge in [0.1, 0.15) is 6.61 Å². The highest BCUT2D eigenvalue weighted by molar-refractivity contribution is 5.87. The van der Waals surface area contributed by atoms with Gasteiger partial charge in [0, 0.05) is 6.08 Å². The molecule has 3 rings (SSSR count). The van der Waals surface area contributed by atoms with Crippen molar-refractivity contribution < 1.29 is 27.8 Å². The first-order chi connectivity index (χ1) is 14.5. The first kappa shape index (κ1) is 21.0. The van der Waals surface area contributed by atoms with Gasteiger partial charge in [-0.2, -0.15) is 8.78 Å². The largest absolute Gasteiger partial charge is 0.493 e. The van der Waals surface area contributed by atoms with Gasteiger partial charge in [0.25, 0.3) is 0 Å². The van der Waals surface area contributed by atoms with Crippen LogP contribution in [0.25, 0.3) is 17.2 Å². The Morgan fingerprint density at radius 3 is 2.30 bits per heavy atom. The average Bonchev–Trinajstić information content (AvgIpc) is 2.77. The molecule has 3 aromatic rings. The second-order valence-corrected chi connectivity index (χ2v) is 6.29. The molecule has 0 bridgehead atoms. The summed E-state index contributed by atoms with van der Waals surface area (Å²) in [5.74, 6) is -0.454. The Kier molecular flexibility index (Phi) is 7.16. The minimum atomic E-state index is -2.95. The highest BCUT2D eigenvalue weighted by Crippen LogP contribution is 2.29. The van der Waals surface area contributed by atoms with Crippen LogP contribution in [0.4, 0.5) is 8.78 Å². The zero-order valence-electron chi connectivity index (χ0n) is 16.3. The van der Waals surface area contributed by atoms with E-state index < -0.39 is 12.6 Å². The van der Waals surface area contributed by atoms with E-state index in [1.165, 1.54) is 37.5 Å². The van der Waals surface area contributed by atoms with E-state index in [4.69, 9.17) is 9.47 Å². The molecule has 0 aromatic heterocycles. The third-order valence-corrected chi connectivity index (χ3v) is 4.26. The van der Waals surface area contributed by atoms with Crippen molar-refractivity contribution in [1.29, 1.82) is 0 Å². The fourth-order valence-corrected chi connectivity index (χ4v) is 2.77. The van der Waals surface area contributed by atoms with Crippen molar-refractivity contribution in [3.63, 3.8) is 0 Å². The molecule has 4 nitrogen and oxygen atoms in total. The molecule has 0 radical (unpaired) electrons. The number of alkyl halides is 2. The van der Waals surface area contributed by atoms with Crippen LogP contribution in [0, 0.1) is 0 Å². The molecule has 0 unspecified atom stereocenters. The summed E-state index contributed by atoms with van der Waals surface area (Å²) >= 11 is 0. The van der Waals surface area contributed by atoms with Crippen LogP contribution in [0.5, 0.6) is 11.5 Å². The van der Waals surface area contributed by atoms with Crippen LogP contribution in [0.1, 0.15) is 11.1 Å². The molecule has 0 saturated carbocycles. The lowest BCUT2D eigenvalue weighted by Crippen LogP contribution is -2.03. The third kappa shape index (κ3) is 5.91. The van der Waals surface area contributed by atoms with Crippen LogP contribution in [-0.2, 0) is 16.1 Å². The Bertz CT molecular complexity index is 999. The predicted molar refractivity (Wildman–Crippen MR) is 110 cm³/mol. The van der Waals surface area contributed by atoms with E-state index in [0.717, 1.165) is 16.7 Å². The molecule has 0 atom stereocenters. The van der Waals surface area contributed by atoms with E-state index in [0.29, 0.717) is 5.56 Å². The maximum Gasteiger partial charge on any atom is 0.387 e. The van der Waals surface area contributed by atoms with E-state index in [-0.39, 0.29) is 18.1 Å². The summed E-state index contributed by atoms with van der Waals surface area (Å²) in [6, 6.07) is 22.1. The van der Waals surface area contributed by atoms with Crippen molar-refractivity contribution in [1.82, 2.24) is 0 Å².